The smallest absolute Gasteiger partial charge is 0.139 e. The van der Waals surface area contributed by atoms with Crippen LogP contribution in [0.3, 0.4) is 0 Å². The van der Waals surface area contributed by atoms with Crippen molar-refractivity contribution < 1.29 is 4.39 Å². The van der Waals surface area contributed by atoms with Crippen molar-refractivity contribution in [2.24, 2.45) is 0 Å². The molecule has 0 atom stereocenters. The van der Waals surface area contributed by atoms with E-state index in [0.717, 1.165) is 5.69 Å². The molecule has 17 heavy (non-hydrogen) atoms. The number of nitrogens with one attached hydrogen (secondary N) is 1. The molecule has 0 saturated heterocycles. The van der Waals surface area contributed by atoms with Gasteiger partial charge in [0.05, 0.1) is 15.7 Å². The Kier molecular flexibility index (Phi) is 3.40. The van der Waals surface area contributed by atoms with Crippen molar-refractivity contribution in [1.82, 2.24) is 0 Å². The Hall–Kier alpha value is -1.86. The molecule has 0 heterocycles. The third-order valence-corrected chi connectivity index (χ3v) is 3.03. The maximum atomic E-state index is 13.4. The zero-order chi connectivity index (χ0) is 12.3. The molecule has 1 N–H and O–H groups in total. The van der Waals surface area contributed by atoms with Gasteiger partial charge in [0, 0.05) is 5.69 Å². The lowest BCUT2D eigenvalue weighted by molar-refractivity contribution is 0.621. The molecule has 0 fully saturated rings. The highest BCUT2D eigenvalue weighted by Gasteiger charge is 2.11. The van der Waals surface area contributed by atoms with Crippen LogP contribution >= 0.6 is 15.9 Å². The van der Waals surface area contributed by atoms with Gasteiger partial charge in [-0.3, -0.25) is 0 Å². The topological polar surface area (TPSA) is 35.8 Å². The number of nitrogens with zero attached hydrogens (tertiary/aromatic N) is 1. The summed E-state index contributed by atoms with van der Waals surface area (Å²) < 4.78 is 13.7. The quantitative estimate of drug-likeness (QED) is 0.900. The largest absolute Gasteiger partial charge is 0.353 e. The fourth-order valence-corrected chi connectivity index (χ4v) is 1.88. The molecular weight excluding hydrogens is 283 g/mol. The van der Waals surface area contributed by atoms with Crippen molar-refractivity contribution >= 4 is 27.3 Å². The first kappa shape index (κ1) is 11.6. The molecule has 0 aliphatic rings. The molecule has 84 valence electrons. The number of nitriles is 1. The predicted molar refractivity (Wildman–Crippen MR) is 68.5 cm³/mol. The van der Waals surface area contributed by atoms with Crippen LogP contribution < -0.4 is 5.32 Å². The maximum Gasteiger partial charge on any atom is 0.139 e. The van der Waals surface area contributed by atoms with E-state index in [0.29, 0.717) is 11.3 Å². The lowest BCUT2D eigenvalue weighted by Crippen LogP contribution is -1.96. The molecular formula is C13H8BrFN2. The molecule has 0 saturated carbocycles. The minimum absolute atomic E-state index is 0.264. The summed E-state index contributed by atoms with van der Waals surface area (Å²) in [6.07, 6.45) is 0. The standard InChI is InChI=1S/C13H8BrFN2/c14-12-11(15)7-6-9(8-16)13(12)17-10-4-2-1-3-5-10/h1-7,17H. The van der Waals surface area contributed by atoms with Crippen LogP contribution in [0, 0.1) is 17.1 Å². The number of hydrogen-bond donors (Lipinski definition) is 1. The summed E-state index contributed by atoms with van der Waals surface area (Å²) >= 11 is 3.14. The average Bonchev–Trinajstić information content (AvgIpc) is 2.37. The van der Waals surface area contributed by atoms with Crippen molar-refractivity contribution in [3.05, 3.63) is 58.3 Å². The van der Waals surface area contributed by atoms with Gasteiger partial charge in [-0.1, -0.05) is 18.2 Å². The van der Waals surface area contributed by atoms with Crippen molar-refractivity contribution in [3.63, 3.8) is 0 Å². The third kappa shape index (κ3) is 2.45. The Morgan fingerprint density at radius 3 is 2.47 bits per heavy atom. The van der Waals surface area contributed by atoms with Crippen LogP contribution in [0.4, 0.5) is 15.8 Å². The van der Waals surface area contributed by atoms with E-state index in [-0.39, 0.29) is 4.47 Å². The molecule has 2 rings (SSSR count). The molecule has 0 aromatic heterocycles. The monoisotopic (exact) mass is 290 g/mol. The van der Waals surface area contributed by atoms with Gasteiger partial charge in [0.2, 0.25) is 0 Å². The Morgan fingerprint density at radius 2 is 1.82 bits per heavy atom. The Balaban J connectivity index is 2.45. The third-order valence-electron chi connectivity index (χ3n) is 2.26. The molecule has 0 unspecified atom stereocenters. The first-order valence-corrected chi connectivity index (χ1v) is 5.72. The summed E-state index contributed by atoms with van der Waals surface area (Å²) in [4.78, 5) is 0. The van der Waals surface area contributed by atoms with Crippen LogP contribution in [0.25, 0.3) is 0 Å². The normalized spacial score (nSPS) is 9.71. The van der Waals surface area contributed by atoms with E-state index in [1.807, 2.05) is 36.4 Å². The number of halogens is 2. The summed E-state index contributed by atoms with van der Waals surface area (Å²) in [5, 5.41) is 12.0. The number of hydrogen-bond acceptors (Lipinski definition) is 2. The molecule has 0 radical (unpaired) electrons. The SMILES string of the molecule is N#Cc1ccc(F)c(Br)c1Nc1ccccc1. The summed E-state index contributed by atoms with van der Waals surface area (Å²) in [5.41, 5.74) is 1.64. The highest BCUT2D eigenvalue weighted by molar-refractivity contribution is 9.10. The molecule has 4 heteroatoms. The van der Waals surface area contributed by atoms with Gasteiger partial charge in [0.25, 0.3) is 0 Å². The maximum absolute atomic E-state index is 13.4. The van der Waals surface area contributed by atoms with Gasteiger partial charge < -0.3 is 5.32 Å². The van der Waals surface area contributed by atoms with Crippen molar-refractivity contribution in [1.29, 1.82) is 5.26 Å². The van der Waals surface area contributed by atoms with E-state index < -0.39 is 5.82 Å². The van der Waals surface area contributed by atoms with Gasteiger partial charge in [0.1, 0.15) is 11.9 Å². The van der Waals surface area contributed by atoms with Crippen LogP contribution in [0.15, 0.2) is 46.9 Å². The van der Waals surface area contributed by atoms with E-state index >= 15 is 0 Å². The lowest BCUT2D eigenvalue weighted by Gasteiger charge is -2.10. The van der Waals surface area contributed by atoms with Crippen LogP contribution in [0.5, 0.6) is 0 Å². The van der Waals surface area contributed by atoms with E-state index in [1.165, 1.54) is 12.1 Å². The molecule has 0 spiro atoms. The number of anilines is 2. The fourth-order valence-electron chi connectivity index (χ4n) is 1.43. The molecule has 0 aliphatic heterocycles. The lowest BCUT2D eigenvalue weighted by atomic mass is 10.2. The summed E-state index contributed by atoms with van der Waals surface area (Å²) in [6.45, 7) is 0. The van der Waals surface area contributed by atoms with Crippen LogP contribution in [-0.2, 0) is 0 Å². The minimum Gasteiger partial charge on any atom is -0.353 e. The number of para-hydroxylation sites is 1. The second-order valence-corrected chi connectivity index (χ2v) is 4.18. The van der Waals surface area contributed by atoms with Crippen molar-refractivity contribution in [2.45, 2.75) is 0 Å². The number of rotatable bonds is 2. The second-order valence-electron chi connectivity index (χ2n) is 3.39. The highest BCUT2D eigenvalue weighted by atomic mass is 79.9. The van der Waals surface area contributed by atoms with Crippen molar-refractivity contribution in [2.75, 3.05) is 5.32 Å². The first-order chi connectivity index (χ1) is 8.22. The number of benzene rings is 2. The van der Waals surface area contributed by atoms with Gasteiger partial charge in [-0.25, -0.2) is 4.39 Å². The van der Waals surface area contributed by atoms with E-state index in [2.05, 4.69) is 21.2 Å². The minimum atomic E-state index is -0.401. The van der Waals surface area contributed by atoms with Crippen LogP contribution in [0.2, 0.25) is 0 Å². The summed E-state index contributed by atoms with van der Waals surface area (Å²) in [6, 6.07) is 14.0. The van der Waals surface area contributed by atoms with E-state index in [1.54, 1.807) is 0 Å². The molecule has 0 amide bonds. The van der Waals surface area contributed by atoms with Gasteiger partial charge in [0.15, 0.2) is 0 Å². The summed E-state index contributed by atoms with van der Waals surface area (Å²) in [7, 11) is 0. The van der Waals surface area contributed by atoms with E-state index in [9.17, 15) is 4.39 Å². The zero-order valence-corrected chi connectivity index (χ0v) is 10.3. The fraction of sp³-hybridized carbons (Fsp3) is 0. The molecule has 2 nitrogen and oxygen atoms in total. The first-order valence-electron chi connectivity index (χ1n) is 4.92. The second kappa shape index (κ2) is 4.98. The van der Waals surface area contributed by atoms with E-state index in [4.69, 9.17) is 5.26 Å². The Bertz CT molecular complexity index is 576. The van der Waals surface area contributed by atoms with Crippen LogP contribution in [0.1, 0.15) is 5.56 Å². The predicted octanol–water partition coefficient (Wildman–Crippen LogP) is 4.20. The van der Waals surface area contributed by atoms with Gasteiger partial charge >= 0.3 is 0 Å². The summed E-state index contributed by atoms with van der Waals surface area (Å²) in [5.74, 6) is -0.401. The molecule has 0 bridgehead atoms. The van der Waals surface area contributed by atoms with Crippen molar-refractivity contribution in [3.8, 4) is 6.07 Å². The average molecular weight is 291 g/mol. The zero-order valence-electron chi connectivity index (χ0n) is 8.74. The Labute approximate surface area is 107 Å². The molecule has 2 aromatic carbocycles. The molecule has 0 aliphatic carbocycles. The highest BCUT2D eigenvalue weighted by Crippen LogP contribution is 2.31. The van der Waals surface area contributed by atoms with Crippen LogP contribution in [-0.4, -0.2) is 0 Å². The van der Waals surface area contributed by atoms with Gasteiger partial charge in [-0.15, -0.1) is 0 Å². The van der Waals surface area contributed by atoms with Gasteiger partial charge in [-0.2, -0.15) is 5.26 Å². The Morgan fingerprint density at radius 1 is 1.12 bits per heavy atom. The van der Waals surface area contributed by atoms with Gasteiger partial charge in [-0.05, 0) is 40.2 Å². The molecule has 2 aromatic rings.